The van der Waals surface area contributed by atoms with Gasteiger partial charge in [-0.25, -0.2) is 9.18 Å². The number of anilines is 2. The van der Waals surface area contributed by atoms with Gasteiger partial charge in [0, 0.05) is 42.1 Å². The number of rotatable bonds is 9. The van der Waals surface area contributed by atoms with Gasteiger partial charge in [-0.2, -0.15) is 0 Å². The molecule has 6 amide bonds. The van der Waals surface area contributed by atoms with E-state index in [0.29, 0.717) is 34.9 Å². The fourth-order valence-electron chi connectivity index (χ4n) is 5.97. The number of piperidine rings is 1. The first-order valence-electron chi connectivity index (χ1n) is 15.0. The van der Waals surface area contributed by atoms with Crippen LogP contribution in [0.4, 0.5) is 20.6 Å². The number of imide groups is 2. The molecule has 0 bridgehead atoms. The van der Waals surface area contributed by atoms with Gasteiger partial charge in [0.2, 0.25) is 11.8 Å². The minimum Gasteiger partial charge on any atom is -0.383 e. The molecule has 1 saturated heterocycles. The number of amides is 6. The number of halogens is 1. The summed E-state index contributed by atoms with van der Waals surface area (Å²) < 4.78 is 21.0. The molecule has 3 aliphatic rings. The van der Waals surface area contributed by atoms with Crippen LogP contribution in [0, 0.1) is 19.7 Å². The molecule has 0 spiro atoms. The van der Waals surface area contributed by atoms with Crippen LogP contribution in [0.3, 0.4) is 0 Å². The number of nitrogens with zero attached hydrogens (tertiary/aromatic N) is 2. The van der Waals surface area contributed by atoms with E-state index in [2.05, 4.69) is 21.3 Å². The van der Waals surface area contributed by atoms with E-state index in [1.54, 1.807) is 25.1 Å². The van der Waals surface area contributed by atoms with Crippen molar-refractivity contribution in [2.24, 2.45) is 0 Å². The van der Waals surface area contributed by atoms with Crippen molar-refractivity contribution in [3.05, 3.63) is 81.9 Å². The van der Waals surface area contributed by atoms with Crippen LogP contribution in [-0.4, -0.2) is 77.4 Å². The van der Waals surface area contributed by atoms with Crippen molar-refractivity contribution in [2.75, 3.05) is 36.9 Å². The van der Waals surface area contributed by atoms with Crippen LogP contribution >= 0.6 is 0 Å². The number of nitrogens with one attached hydrogen (secondary N) is 4. The second-order valence-electron chi connectivity index (χ2n) is 11.4. The Morgan fingerprint density at radius 3 is 2.51 bits per heavy atom. The Balaban J connectivity index is 0.994. The van der Waals surface area contributed by atoms with Crippen molar-refractivity contribution < 1.29 is 37.9 Å². The molecule has 1 atom stereocenters. The van der Waals surface area contributed by atoms with Crippen molar-refractivity contribution in [3.8, 4) is 0 Å². The van der Waals surface area contributed by atoms with Gasteiger partial charge in [0.1, 0.15) is 11.9 Å². The van der Waals surface area contributed by atoms with Gasteiger partial charge in [0.25, 0.3) is 17.7 Å². The third-order valence-corrected chi connectivity index (χ3v) is 8.21. The summed E-state index contributed by atoms with van der Waals surface area (Å²) in [6.45, 7) is 4.63. The molecule has 4 heterocycles. The largest absolute Gasteiger partial charge is 0.383 e. The fourth-order valence-corrected chi connectivity index (χ4v) is 5.97. The maximum atomic E-state index is 13.9. The van der Waals surface area contributed by atoms with Crippen molar-refractivity contribution in [1.29, 1.82) is 0 Å². The van der Waals surface area contributed by atoms with Crippen LogP contribution in [0.1, 0.15) is 56.1 Å². The highest BCUT2D eigenvalue weighted by atomic mass is 19.1. The number of fused-ring (bicyclic) bond motifs is 2. The topological polar surface area (TPSA) is 168 Å². The number of aromatic nitrogens is 1. The number of hydrogen-bond acceptors (Lipinski definition) is 8. The molecule has 1 fully saturated rings. The molecule has 1 aromatic heterocycles. The van der Waals surface area contributed by atoms with E-state index in [-0.39, 0.29) is 55.2 Å². The number of hydrogen-bond donors (Lipinski definition) is 4. The van der Waals surface area contributed by atoms with Crippen molar-refractivity contribution in [2.45, 2.75) is 32.7 Å². The first-order chi connectivity index (χ1) is 22.5. The lowest BCUT2D eigenvalue weighted by molar-refractivity contribution is -0.136. The predicted molar refractivity (Wildman–Crippen MR) is 168 cm³/mol. The summed E-state index contributed by atoms with van der Waals surface area (Å²) in [6, 6.07) is 9.14. The van der Waals surface area contributed by atoms with E-state index in [4.69, 9.17) is 4.74 Å². The molecule has 0 aliphatic carbocycles. The highest BCUT2D eigenvalue weighted by molar-refractivity contribution is 6.35. The Kier molecular flexibility index (Phi) is 8.43. The van der Waals surface area contributed by atoms with Crippen LogP contribution in [0.2, 0.25) is 0 Å². The van der Waals surface area contributed by atoms with Gasteiger partial charge in [0.05, 0.1) is 35.6 Å². The standard InChI is InChI=1S/C33H31FN6O7/c1-17-13-18(2)39(27(17)16-23-22-14-19(34)3-6-25(22)37-29(23)42)33(46)36-10-12-47-11-9-35-20-4-5-21-24(15-20)32(45)40(31(21)44)26-7-8-28(41)38-30(26)43/h3-6,13-16,26,35H,7-12H2,1-2H3,(H,36,46)(H,37,42)(H,38,41,43)/b23-16-. The maximum Gasteiger partial charge on any atom is 0.326 e. The van der Waals surface area contributed by atoms with Gasteiger partial charge in [-0.05, 0) is 74.4 Å². The molecule has 0 saturated carbocycles. The minimum atomic E-state index is -1.03. The van der Waals surface area contributed by atoms with Crippen LogP contribution in [0.25, 0.3) is 11.6 Å². The maximum absolute atomic E-state index is 13.9. The lowest BCUT2D eigenvalue weighted by Gasteiger charge is -2.27. The summed E-state index contributed by atoms with van der Waals surface area (Å²) in [7, 11) is 0. The number of aryl methyl sites for hydroxylation is 2. The quantitative estimate of drug-likeness (QED) is 0.157. The highest BCUT2D eigenvalue weighted by Gasteiger charge is 2.44. The Bertz CT molecular complexity index is 1900. The summed E-state index contributed by atoms with van der Waals surface area (Å²) in [5.74, 6) is -3.12. The number of carbonyl (C=O) groups is 6. The highest BCUT2D eigenvalue weighted by Crippen LogP contribution is 2.34. The average Bonchev–Trinajstić information content (AvgIpc) is 3.59. The molecule has 3 aromatic rings. The van der Waals surface area contributed by atoms with E-state index in [1.807, 2.05) is 13.0 Å². The van der Waals surface area contributed by atoms with Crippen LogP contribution in [0.5, 0.6) is 0 Å². The zero-order chi connectivity index (χ0) is 33.4. The van der Waals surface area contributed by atoms with Crippen molar-refractivity contribution in [1.82, 2.24) is 20.1 Å². The van der Waals surface area contributed by atoms with Gasteiger partial charge < -0.3 is 20.7 Å². The number of ether oxygens (including phenoxy) is 1. The lowest BCUT2D eigenvalue weighted by atomic mass is 10.0. The summed E-state index contributed by atoms with van der Waals surface area (Å²) in [5.41, 5.74) is 4.06. The summed E-state index contributed by atoms with van der Waals surface area (Å²) in [5, 5.41) is 10.8. The molecular formula is C33H31FN6O7. The van der Waals surface area contributed by atoms with Gasteiger partial charge >= 0.3 is 6.03 Å². The molecule has 0 radical (unpaired) electrons. The van der Waals surface area contributed by atoms with Gasteiger partial charge in [-0.3, -0.25) is 38.8 Å². The molecule has 47 heavy (non-hydrogen) atoms. The molecule has 6 rings (SSSR count). The molecule has 2 aromatic carbocycles. The first kappa shape index (κ1) is 31.4. The molecular weight excluding hydrogens is 611 g/mol. The number of benzene rings is 2. The Morgan fingerprint density at radius 1 is 0.957 bits per heavy atom. The van der Waals surface area contributed by atoms with Gasteiger partial charge in [-0.1, -0.05) is 0 Å². The van der Waals surface area contributed by atoms with E-state index in [1.165, 1.54) is 28.8 Å². The third kappa shape index (κ3) is 6.02. The summed E-state index contributed by atoms with van der Waals surface area (Å²) in [6.07, 6.45) is 1.71. The first-order valence-corrected chi connectivity index (χ1v) is 15.0. The lowest BCUT2D eigenvalue weighted by Crippen LogP contribution is -2.54. The Hall–Kier alpha value is -5.63. The zero-order valence-corrected chi connectivity index (χ0v) is 25.6. The number of carbonyl (C=O) groups excluding carboxylic acids is 6. The summed E-state index contributed by atoms with van der Waals surface area (Å²) >= 11 is 0. The van der Waals surface area contributed by atoms with Crippen molar-refractivity contribution >= 4 is 58.6 Å². The van der Waals surface area contributed by atoms with E-state index in [0.717, 1.165) is 10.5 Å². The van der Waals surface area contributed by atoms with Gasteiger partial charge in [0.15, 0.2) is 0 Å². The monoisotopic (exact) mass is 642 g/mol. The molecule has 4 N–H and O–H groups in total. The summed E-state index contributed by atoms with van der Waals surface area (Å²) in [4.78, 5) is 76.3. The van der Waals surface area contributed by atoms with E-state index >= 15 is 0 Å². The molecule has 3 aliphatic heterocycles. The van der Waals surface area contributed by atoms with Crippen molar-refractivity contribution in [3.63, 3.8) is 0 Å². The predicted octanol–water partition coefficient (Wildman–Crippen LogP) is 2.82. The smallest absolute Gasteiger partial charge is 0.326 e. The SMILES string of the molecule is Cc1cc(C)n(C(=O)NCCOCCNc2ccc3c(c2)C(=O)N(C2CCC(=O)NC2=O)C3=O)c1/C=C1\C(=O)Nc2ccc(F)cc21. The van der Waals surface area contributed by atoms with Gasteiger partial charge in [-0.15, -0.1) is 0 Å². The van der Waals surface area contributed by atoms with E-state index in [9.17, 15) is 33.2 Å². The Labute approximate surface area is 268 Å². The average molecular weight is 643 g/mol. The normalized spacial score (nSPS) is 17.9. The second-order valence-corrected chi connectivity index (χ2v) is 11.4. The van der Waals surface area contributed by atoms with Crippen LogP contribution in [-0.2, 0) is 19.1 Å². The third-order valence-electron chi connectivity index (χ3n) is 8.21. The van der Waals surface area contributed by atoms with Crippen LogP contribution < -0.4 is 21.3 Å². The molecule has 242 valence electrons. The molecule has 14 heteroatoms. The Morgan fingerprint density at radius 2 is 1.72 bits per heavy atom. The minimum absolute atomic E-state index is 0.0456. The fraction of sp³-hybridized carbons (Fsp3) is 0.273. The molecule has 13 nitrogen and oxygen atoms in total. The van der Waals surface area contributed by atoms with E-state index < -0.39 is 41.5 Å². The zero-order valence-electron chi connectivity index (χ0n) is 25.6. The van der Waals surface area contributed by atoms with Crippen LogP contribution in [0.15, 0.2) is 42.5 Å². The molecule has 1 unspecified atom stereocenters. The second kappa shape index (κ2) is 12.6.